The van der Waals surface area contributed by atoms with Gasteiger partial charge in [-0.25, -0.2) is 0 Å². The normalized spacial score (nSPS) is 12.1. The van der Waals surface area contributed by atoms with E-state index in [9.17, 15) is 4.79 Å². The summed E-state index contributed by atoms with van der Waals surface area (Å²) in [6.07, 6.45) is 3.29. The van der Waals surface area contributed by atoms with Crippen LogP contribution in [0, 0.1) is 0 Å². The zero-order valence-electron chi connectivity index (χ0n) is 15.8. The van der Waals surface area contributed by atoms with Crippen molar-refractivity contribution < 1.29 is 19.0 Å². The largest absolute Gasteiger partial charge is 0.489 e. The Labute approximate surface area is 169 Å². The molecule has 29 heavy (non-hydrogen) atoms. The maximum atomic E-state index is 12.1. The summed E-state index contributed by atoms with van der Waals surface area (Å²) < 4.78 is 16.4. The Kier molecular flexibility index (Phi) is 5.76. The molecule has 5 nitrogen and oxygen atoms in total. The Hall–Kier alpha value is -3.73. The molecule has 0 spiro atoms. The van der Waals surface area contributed by atoms with Crippen molar-refractivity contribution in [3.05, 3.63) is 95.6 Å². The number of hydrogen-bond acceptors (Lipinski definition) is 4. The van der Waals surface area contributed by atoms with Crippen LogP contribution in [0.25, 0.3) is 6.08 Å². The monoisotopic (exact) mass is 387 g/mol. The average Bonchev–Trinajstić information content (AvgIpc) is 3.24. The lowest BCUT2D eigenvalue weighted by Crippen LogP contribution is -2.20. The van der Waals surface area contributed by atoms with Crippen LogP contribution in [0.5, 0.6) is 17.2 Å². The highest BCUT2D eigenvalue weighted by molar-refractivity contribution is 5.91. The van der Waals surface area contributed by atoms with E-state index in [4.69, 9.17) is 14.2 Å². The first-order chi connectivity index (χ1) is 14.3. The molecule has 0 fully saturated rings. The number of carbonyl (C=O) groups excluding carboxylic acids is 1. The predicted octanol–water partition coefficient (Wildman–Crippen LogP) is 4.32. The summed E-state index contributed by atoms with van der Waals surface area (Å²) in [4.78, 5) is 12.1. The first-order valence-corrected chi connectivity index (χ1v) is 9.37. The van der Waals surface area contributed by atoms with Gasteiger partial charge in [-0.2, -0.15) is 0 Å². The summed E-state index contributed by atoms with van der Waals surface area (Å²) in [7, 11) is 0. The van der Waals surface area contributed by atoms with E-state index in [0.717, 1.165) is 28.2 Å². The highest BCUT2D eigenvalue weighted by atomic mass is 16.7. The zero-order chi connectivity index (χ0) is 19.9. The molecule has 0 radical (unpaired) electrons. The molecule has 1 amide bonds. The third-order valence-corrected chi connectivity index (χ3v) is 4.46. The molecule has 1 aliphatic rings. The summed E-state index contributed by atoms with van der Waals surface area (Å²) in [5.74, 6) is 2.07. The SMILES string of the molecule is O=C(/C=C/c1ccc(OCc2ccccc2)cc1)NCc1ccc2c(c1)OCO2. The third kappa shape index (κ3) is 5.17. The van der Waals surface area contributed by atoms with Crippen LogP contribution in [0.2, 0.25) is 0 Å². The van der Waals surface area contributed by atoms with E-state index in [0.29, 0.717) is 18.9 Å². The molecule has 5 heteroatoms. The van der Waals surface area contributed by atoms with Crippen molar-refractivity contribution in [2.24, 2.45) is 0 Å². The molecule has 3 aromatic carbocycles. The molecule has 0 saturated heterocycles. The second-order valence-electron chi connectivity index (χ2n) is 6.58. The number of fused-ring (bicyclic) bond motifs is 1. The zero-order valence-corrected chi connectivity index (χ0v) is 15.8. The van der Waals surface area contributed by atoms with E-state index < -0.39 is 0 Å². The summed E-state index contributed by atoms with van der Waals surface area (Å²) in [6.45, 7) is 1.19. The minimum absolute atomic E-state index is 0.160. The van der Waals surface area contributed by atoms with Gasteiger partial charge in [0.1, 0.15) is 12.4 Å². The van der Waals surface area contributed by atoms with Gasteiger partial charge in [0.2, 0.25) is 12.7 Å². The third-order valence-electron chi connectivity index (χ3n) is 4.46. The summed E-state index contributed by atoms with van der Waals surface area (Å²) in [5, 5.41) is 2.86. The van der Waals surface area contributed by atoms with Crippen molar-refractivity contribution in [1.29, 1.82) is 0 Å². The fraction of sp³-hybridized carbons (Fsp3) is 0.125. The molecule has 0 saturated carbocycles. The van der Waals surface area contributed by atoms with E-state index in [2.05, 4.69) is 5.32 Å². The van der Waals surface area contributed by atoms with Gasteiger partial charge in [0.15, 0.2) is 11.5 Å². The Morgan fingerprint density at radius 2 is 1.72 bits per heavy atom. The molecule has 0 aromatic heterocycles. The van der Waals surface area contributed by atoms with Gasteiger partial charge < -0.3 is 19.5 Å². The first kappa shape index (κ1) is 18.6. The molecule has 0 aliphatic carbocycles. The van der Waals surface area contributed by atoms with Gasteiger partial charge in [0.05, 0.1) is 0 Å². The average molecular weight is 387 g/mol. The number of nitrogens with one attached hydrogen (secondary N) is 1. The maximum Gasteiger partial charge on any atom is 0.244 e. The molecule has 4 rings (SSSR count). The number of amides is 1. The van der Waals surface area contributed by atoms with Crippen LogP contribution in [0.3, 0.4) is 0 Å². The van der Waals surface area contributed by atoms with Crippen LogP contribution in [-0.2, 0) is 17.9 Å². The van der Waals surface area contributed by atoms with Crippen molar-refractivity contribution in [2.75, 3.05) is 6.79 Å². The molecule has 0 bridgehead atoms. The number of benzene rings is 3. The lowest BCUT2D eigenvalue weighted by atomic mass is 10.2. The Morgan fingerprint density at radius 3 is 2.55 bits per heavy atom. The Morgan fingerprint density at radius 1 is 0.931 bits per heavy atom. The number of carbonyl (C=O) groups is 1. The van der Waals surface area contributed by atoms with E-state index in [1.54, 1.807) is 6.08 Å². The number of ether oxygens (including phenoxy) is 3. The van der Waals surface area contributed by atoms with E-state index >= 15 is 0 Å². The minimum atomic E-state index is -0.160. The second kappa shape index (κ2) is 8.97. The molecule has 1 aliphatic heterocycles. The molecule has 3 aromatic rings. The van der Waals surface area contributed by atoms with Crippen molar-refractivity contribution in [1.82, 2.24) is 5.32 Å². The van der Waals surface area contributed by atoms with Crippen LogP contribution in [-0.4, -0.2) is 12.7 Å². The van der Waals surface area contributed by atoms with Crippen molar-refractivity contribution in [3.63, 3.8) is 0 Å². The van der Waals surface area contributed by atoms with E-state index in [1.807, 2.05) is 72.8 Å². The van der Waals surface area contributed by atoms with Gasteiger partial charge in [-0.1, -0.05) is 48.5 Å². The van der Waals surface area contributed by atoms with Crippen molar-refractivity contribution in [2.45, 2.75) is 13.2 Å². The summed E-state index contributed by atoms with van der Waals surface area (Å²) >= 11 is 0. The second-order valence-corrected chi connectivity index (χ2v) is 6.58. The van der Waals surface area contributed by atoms with Crippen LogP contribution in [0.1, 0.15) is 16.7 Å². The molecule has 0 unspecified atom stereocenters. The molecule has 1 heterocycles. The topological polar surface area (TPSA) is 56.8 Å². The van der Waals surface area contributed by atoms with Gasteiger partial charge in [0, 0.05) is 12.6 Å². The highest BCUT2D eigenvalue weighted by Gasteiger charge is 2.13. The quantitative estimate of drug-likeness (QED) is 0.614. The van der Waals surface area contributed by atoms with Gasteiger partial charge in [-0.15, -0.1) is 0 Å². The smallest absolute Gasteiger partial charge is 0.244 e. The molecular weight excluding hydrogens is 366 g/mol. The predicted molar refractivity (Wildman–Crippen MR) is 111 cm³/mol. The van der Waals surface area contributed by atoms with Crippen LogP contribution in [0.4, 0.5) is 0 Å². The summed E-state index contributed by atoms with van der Waals surface area (Å²) in [5.41, 5.74) is 3.00. The van der Waals surface area contributed by atoms with Gasteiger partial charge in [-0.3, -0.25) is 4.79 Å². The molecule has 146 valence electrons. The van der Waals surface area contributed by atoms with Crippen LogP contribution < -0.4 is 19.5 Å². The Bertz CT molecular complexity index is 997. The molecular formula is C24H21NO4. The van der Waals surface area contributed by atoms with Crippen LogP contribution in [0.15, 0.2) is 78.9 Å². The number of rotatable bonds is 7. The fourth-order valence-electron chi connectivity index (χ4n) is 2.89. The van der Waals surface area contributed by atoms with Crippen LogP contribution >= 0.6 is 0 Å². The van der Waals surface area contributed by atoms with Gasteiger partial charge in [0.25, 0.3) is 0 Å². The lowest BCUT2D eigenvalue weighted by molar-refractivity contribution is -0.116. The fourth-order valence-corrected chi connectivity index (χ4v) is 2.89. The van der Waals surface area contributed by atoms with Gasteiger partial charge in [-0.05, 0) is 47.0 Å². The minimum Gasteiger partial charge on any atom is -0.489 e. The first-order valence-electron chi connectivity index (χ1n) is 9.37. The summed E-state index contributed by atoms with van der Waals surface area (Å²) in [6, 6.07) is 23.3. The van der Waals surface area contributed by atoms with Gasteiger partial charge >= 0.3 is 0 Å². The number of hydrogen-bond donors (Lipinski definition) is 1. The van der Waals surface area contributed by atoms with E-state index in [-0.39, 0.29) is 12.7 Å². The van der Waals surface area contributed by atoms with E-state index in [1.165, 1.54) is 6.08 Å². The lowest BCUT2D eigenvalue weighted by Gasteiger charge is -2.06. The van der Waals surface area contributed by atoms with Crippen molar-refractivity contribution in [3.8, 4) is 17.2 Å². The molecule has 0 atom stereocenters. The Balaban J connectivity index is 1.25. The highest BCUT2D eigenvalue weighted by Crippen LogP contribution is 2.32. The van der Waals surface area contributed by atoms with Crippen molar-refractivity contribution >= 4 is 12.0 Å². The standard InChI is InChI=1S/C24H21NO4/c26-24(25-15-20-8-12-22-23(14-20)29-17-28-22)13-9-18-6-10-21(11-7-18)27-16-19-4-2-1-3-5-19/h1-14H,15-17H2,(H,25,26)/b13-9+. The maximum absolute atomic E-state index is 12.1. The molecule has 1 N–H and O–H groups in total.